The van der Waals surface area contributed by atoms with Crippen molar-refractivity contribution in [3.63, 3.8) is 0 Å². The van der Waals surface area contributed by atoms with Crippen molar-refractivity contribution in [2.24, 2.45) is 0 Å². The van der Waals surface area contributed by atoms with E-state index in [1.165, 1.54) is 0 Å². The van der Waals surface area contributed by atoms with Crippen molar-refractivity contribution in [1.82, 2.24) is 0 Å². The van der Waals surface area contributed by atoms with Crippen LogP contribution in [0.25, 0.3) is 98.4 Å². The third kappa shape index (κ3) is 4.41. The molecule has 0 aliphatic carbocycles. The molecule has 0 fully saturated rings. The van der Waals surface area contributed by atoms with E-state index in [1.54, 1.807) is 42.5 Å². The SMILES string of the molecule is Oc1c(O)c(O)c2c(-c3ccc4ccccc4c3)c3c(O)c(O)c(O)c(O)c3c(-c3ccc(-c4ccc5oc6ccc7ccccc7c6c5c4)cc3)c2c1O. The first-order chi connectivity index (χ1) is 26.6. The topological polar surface area (TPSA) is 175 Å². The molecule has 55 heavy (non-hydrogen) atoms. The molecule has 10 aromatic rings. The average Bonchev–Trinajstić information content (AvgIpc) is 3.61. The molecule has 266 valence electrons. The average molecular weight is 725 g/mol. The summed E-state index contributed by atoms with van der Waals surface area (Å²) in [5, 5.41) is 94.7. The molecule has 9 nitrogen and oxygen atoms in total. The van der Waals surface area contributed by atoms with Gasteiger partial charge in [-0.15, -0.1) is 0 Å². The van der Waals surface area contributed by atoms with Crippen LogP contribution in [0.3, 0.4) is 0 Å². The van der Waals surface area contributed by atoms with Crippen LogP contribution in [-0.4, -0.2) is 40.9 Å². The van der Waals surface area contributed by atoms with E-state index in [2.05, 4.69) is 12.1 Å². The Morgan fingerprint density at radius 1 is 0.291 bits per heavy atom. The Morgan fingerprint density at radius 2 is 0.745 bits per heavy atom. The quantitative estimate of drug-likeness (QED) is 0.0501. The van der Waals surface area contributed by atoms with Crippen molar-refractivity contribution >= 4 is 65.0 Å². The molecular weight excluding hydrogens is 696 g/mol. The van der Waals surface area contributed by atoms with E-state index >= 15 is 0 Å². The number of benzene rings is 9. The van der Waals surface area contributed by atoms with E-state index in [1.807, 2.05) is 66.7 Å². The maximum absolute atomic E-state index is 11.6. The van der Waals surface area contributed by atoms with E-state index in [-0.39, 0.29) is 32.7 Å². The minimum Gasteiger partial charge on any atom is -0.504 e. The van der Waals surface area contributed by atoms with Gasteiger partial charge in [0.2, 0.25) is 23.0 Å². The highest BCUT2D eigenvalue weighted by Gasteiger charge is 2.32. The number of fused-ring (bicyclic) bond motifs is 8. The van der Waals surface area contributed by atoms with Crippen molar-refractivity contribution in [3.05, 3.63) is 121 Å². The molecule has 10 rings (SSSR count). The Kier molecular flexibility index (Phi) is 6.59. The van der Waals surface area contributed by atoms with Gasteiger partial charge in [-0.3, -0.25) is 0 Å². The molecule has 8 N–H and O–H groups in total. The number of aromatic hydroxyl groups is 8. The fourth-order valence-electron chi connectivity index (χ4n) is 8.10. The summed E-state index contributed by atoms with van der Waals surface area (Å²) in [4.78, 5) is 0. The molecule has 0 saturated carbocycles. The predicted molar refractivity (Wildman–Crippen MR) is 213 cm³/mol. The normalized spacial score (nSPS) is 11.9. The van der Waals surface area contributed by atoms with Gasteiger partial charge < -0.3 is 45.3 Å². The van der Waals surface area contributed by atoms with E-state index < -0.39 is 46.0 Å². The lowest BCUT2D eigenvalue weighted by Crippen LogP contribution is -1.95. The Morgan fingerprint density at radius 3 is 1.36 bits per heavy atom. The third-order valence-corrected chi connectivity index (χ3v) is 10.7. The maximum atomic E-state index is 11.6. The van der Waals surface area contributed by atoms with Gasteiger partial charge in [-0.1, -0.05) is 97.1 Å². The van der Waals surface area contributed by atoms with Gasteiger partial charge in [0.15, 0.2) is 23.0 Å². The number of hydrogen-bond donors (Lipinski definition) is 8. The zero-order valence-corrected chi connectivity index (χ0v) is 28.5. The highest BCUT2D eigenvalue weighted by molar-refractivity contribution is 6.29. The summed E-state index contributed by atoms with van der Waals surface area (Å²) in [7, 11) is 0. The molecule has 0 unspecified atom stereocenters. The molecule has 0 saturated heterocycles. The van der Waals surface area contributed by atoms with Crippen LogP contribution < -0.4 is 0 Å². The van der Waals surface area contributed by atoms with Gasteiger partial charge in [0.1, 0.15) is 11.2 Å². The molecule has 0 bridgehead atoms. The highest BCUT2D eigenvalue weighted by atomic mass is 16.4. The molecule has 0 aliphatic heterocycles. The van der Waals surface area contributed by atoms with Gasteiger partial charge in [-0.05, 0) is 68.1 Å². The molecule has 0 amide bonds. The van der Waals surface area contributed by atoms with Gasteiger partial charge in [0.25, 0.3) is 0 Å². The first-order valence-corrected chi connectivity index (χ1v) is 17.3. The van der Waals surface area contributed by atoms with Crippen molar-refractivity contribution < 1.29 is 45.3 Å². The van der Waals surface area contributed by atoms with Crippen LogP contribution in [0.15, 0.2) is 126 Å². The van der Waals surface area contributed by atoms with Crippen LogP contribution in [0.2, 0.25) is 0 Å². The number of rotatable bonds is 3. The van der Waals surface area contributed by atoms with E-state index in [4.69, 9.17) is 4.42 Å². The van der Waals surface area contributed by atoms with Crippen molar-refractivity contribution in [1.29, 1.82) is 0 Å². The Labute approximate surface area is 310 Å². The minimum atomic E-state index is -1.02. The monoisotopic (exact) mass is 724 g/mol. The van der Waals surface area contributed by atoms with Crippen LogP contribution >= 0.6 is 0 Å². The second-order valence-electron chi connectivity index (χ2n) is 13.7. The van der Waals surface area contributed by atoms with Gasteiger partial charge in [0, 0.05) is 43.4 Å². The van der Waals surface area contributed by atoms with Crippen LogP contribution in [0.4, 0.5) is 0 Å². The molecule has 1 heterocycles. The molecule has 9 heteroatoms. The first kappa shape index (κ1) is 31.9. The molecule has 0 radical (unpaired) electrons. The third-order valence-electron chi connectivity index (χ3n) is 10.7. The van der Waals surface area contributed by atoms with Gasteiger partial charge in [-0.2, -0.15) is 0 Å². The second-order valence-corrected chi connectivity index (χ2v) is 13.7. The Bertz CT molecular complexity index is 3210. The zero-order valence-electron chi connectivity index (χ0n) is 28.5. The van der Waals surface area contributed by atoms with E-state index in [0.29, 0.717) is 11.1 Å². The summed E-state index contributed by atoms with van der Waals surface area (Å²) in [6, 6.07) is 37.6. The maximum Gasteiger partial charge on any atom is 0.204 e. The fraction of sp³-hybridized carbons (Fsp3) is 0. The number of furan rings is 1. The minimum absolute atomic E-state index is 0.00418. The zero-order chi connectivity index (χ0) is 37.9. The number of phenolic OH excluding ortho intramolecular Hbond substituents is 8. The van der Waals surface area contributed by atoms with Crippen LogP contribution in [0, 0.1) is 0 Å². The predicted octanol–water partition coefficient (Wildman–Crippen LogP) is 10.8. The van der Waals surface area contributed by atoms with E-state index in [9.17, 15) is 40.9 Å². The summed E-state index contributed by atoms with van der Waals surface area (Å²) in [5.41, 5.74) is 3.80. The Balaban J connectivity index is 1.26. The summed E-state index contributed by atoms with van der Waals surface area (Å²) in [6.45, 7) is 0. The first-order valence-electron chi connectivity index (χ1n) is 17.3. The van der Waals surface area contributed by atoms with Crippen LogP contribution in [-0.2, 0) is 0 Å². The summed E-state index contributed by atoms with van der Waals surface area (Å²) in [6.07, 6.45) is 0. The molecule has 0 atom stereocenters. The summed E-state index contributed by atoms with van der Waals surface area (Å²) in [5.74, 6) is -7.39. The van der Waals surface area contributed by atoms with Crippen molar-refractivity contribution in [2.75, 3.05) is 0 Å². The molecule has 0 aliphatic rings. The number of phenols is 8. The lowest BCUT2D eigenvalue weighted by atomic mass is 9.83. The highest BCUT2D eigenvalue weighted by Crippen LogP contribution is 2.62. The number of hydrogen-bond acceptors (Lipinski definition) is 9. The smallest absolute Gasteiger partial charge is 0.204 e. The lowest BCUT2D eigenvalue weighted by Gasteiger charge is -2.22. The van der Waals surface area contributed by atoms with Gasteiger partial charge in [0.05, 0.1) is 0 Å². The van der Waals surface area contributed by atoms with E-state index in [0.717, 1.165) is 54.6 Å². The van der Waals surface area contributed by atoms with Crippen LogP contribution in [0.1, 0.15) is 0 Å². The molecular formula is C46H28O9. The van der Waals surface area contributed by atoms with Gasteiger partial charge >= 0.3 is 0 Å². The second kappa shape index (κ2) is 11.4. The molecule has 1 aromatic heterocycles. The largest absolute Gasteiger partial charge is 0.504 e. The van der Waals surface area contributed by atoms with Crippen LogP contribution in [0.5, 0.6) is 46.0 Å². The lowest BCUT2D eigenvalue weighted by molar-refractivity contribution is 0.350. The standard InChI is InChI=1S/C46H28O9/c47-39-35-32(24-12-9-22(10-13-24)26-16-17-30-29(20-26)34-28-8-4-3-6-23(28)15-18-31(34)55-30)36-38(42(50)46(54)44(52)40(36)48)33(37(35)41(49)45(53)43(39)51)27-14-11-21-5-1-2-7-25(21)19-27/h1-20,47-54H. The summed E-state index contributed by atoms with van der Waals surface area (Å²) >= 11 is 0. The fourth-order valence-corrected chi connectivity index (χ4v) is 8.10. The van der Waals surface area contributed by atoms with Crippen molar-refractivity contribution in [2.45, 2.75) is 0 Å². The molecule has 9 aromatic carbocycles. The Hall–Kier alpha value is -7.78. The van der Waals surface area contributed by atoms with Gasteiger partial charge in [-0.25, -0.2) is 0 Å². The van der Waals surface area contributed by atoms with Crippen molar-refractivity contribution in [3.8, 4) is 79.4 Å². The summed E-state index contributed by atoms with van der Waals surface area (Å²) < 4.78 is 6.19. The molecule has 0 spiro atoms.